The molecular weight excluding hydrogens is 214 g/mol. The third kappa shape index (κ3) is 3.03. The Morgan fingerprint density at radius 1 is 1.35 bits per heavy atom. The normalized spacial score (nSPS) is 13.1. The van der Waals surface area contributed by atoms with E-state index in [9.17, 15) is 0 Å². The average molecular weight is 233 g/mol. The summed E-state index contributed by atoms with van der Waals surface area (Å²) in [6, 6.07) is 5.95. The zero-order chi connectivity index (χ0) is 12.1. The van der Waals surface area contributed by atoms with Crippen LogP contribution in [-0.2, 0) is 6.54 Å². The highest BCUT2D eigenvalue weighted by molar-refractivity contribution is 5.76. The summed E-state index contributed by atoms with van der Waals surface area (Å²) in [4.78, 5) is 0. The summed E-state index contributed by atoms with van der Waals surface area (Å²) in [6.07, 6.45) is 2.45. The predicted molar refractivity (Wildman–Crippen MR) is 67.6 cm³/mol. The average Bonchev–Trinajstić information content (AvgIpc) is 2.83. The van der Waals surface area contributed by atoms with E-state index in [0.29, 0.717) is 0 Å². The first-order chi connectivity index (χ1) is 8.31. The summed E-state index contributed by atoms with van der Waals surface area (Å²) in [5.41, 5.74) is 2.84. The first kappa shape index (κ1) is 12.0. The number of aromatic nitrogens is 2. The molecule has 0 aliphatic carbocycles. The Kier molecular flexibility index (Phi) is 4.09. The molecule has 0 fully saturated rings. The SMILES string of the molecule is CCC(C)CCNCc1cccc2nonc12. The standard InChI is InChI=1S/C13H19N3O/c1-3-10(2)7-8-14-9-11-5-4-6-12-13(11)16-17-15-12/h4-6,10,14H,3,7-9H2,1-2H3. The van der Waals surface area contributed by atoms with Gasteiger partial charge in [0, 0.05) is 6.54 Å². The van der Waals surface area contributed by atoms with E-state index in [1.54, 1.807) is 0 Å². The summed E-state index contributed by atoms with van der Waals surface area (Å²) < 4.78 is 4.74. The number of hydrogen-bond acceptors (Lipinski definition) is 4. The summed E-state index contributed by atoms with van der Waals surface area (Å²) in [6.45, 7) is 6.37. The third-order valence-corrected chi connectivity index (χ3v) is 3.20. The van der Waals surface area contributed by atoms with Crippen LogP contribution in [0.3, 0.4) is 0 Å². The van der Waals surface area contributed by atoms with Gasteiger partial charge in [-0.25, -0.2) is 4.63 Å². The highest BCUT2D eigenvalue weighted by Crippen LogP contribution is 2.14. The van der Waals surface area contributed by atoms with Gasteiger partial charge in [-0.3, -0.25) is 0 Å². The minimum absolute atomic E-state index is 0.784. The molecule has 1 heterocycles. The molecule has 0 spiro atoms. The zero-order valence-electron chi connectivity index (χ0n) is 10.4. The summed E-state index contributed by atoms with van der Waals surface area (Å²) in [5, 5.41) is 11.2. The minimum atomic E-state index is 0.784. The highest BCUT2D eigenvalue weighted by atomic mass is 16.6. The van der Waals surface area contributed by atoms with Gasteiger partial charge in [0.05, 0.1) is 0 Å². The second-order valence-corrected chi connectivity index (χ2v) is 4.53. The fraction of sp³-hybridized carbons (Fsp3) is 0.538. The first-order valence-electron chi connectivity index (χ1n) is 6.22. The van der Waals surface area contributed by atoms with Gasteiger partial charge >= 0.3 is 0 Å². The van der Waals surface area contributed by atoms with Crippen LogP contribution in [0.2, 0.25) is 0 Å². The van der Waals surface area contributed by atoms with Crippen molar-refractivity contribution in [3.8, 4) is 0 Å². The molecule has 1 unspecified atom stereocenters. The molecule has 0 saturated heterocycles. The van der Waals surface area contributed by atoms with Gasteiger partial charge in [0.1, 0.15) is 11.0 Å². The van der Waals surface area contributed by atoms with Crippen molar-refractivity contribution >= 4 is 11.0 Å². The van der Waals surface area contributed by atoms with Gasteiger partial charge in [0.25, 0.3) is 0 Å². The molecule has 4 nitrogen and oxygen atoms in total. The van der Waals surface area contributed by atoms with Crippen LogP contribution in [0.1, 0.15) is 32.3 Å². The Balaban J connectivity index is 1.88. The van der Waals surface area contributed by atoms with Gasteiger partial charge in [-0.15, -0.1) is 0 Å². The van der Waals surface area contributed by atoms with E-state index in [1.165, 1.54) is 12.8 Å². The number of nitrogens with one attached hydrogen (secondary N) is 1. The molecule has 1 atom stereocenters. The summed E-state index contributed by atoms with van der Waals surface area (Å²) in [7, 11) is 0. The lowest BCUT2D eigenvalue weighted by molar-refractivity contribution is 0.315. The fourth-order valence-electron chi connectivity index (χ4n) is 1.78. The predicted octanol–water partition coefficient (Wildman–Crippen LogP) is 2.75. The van der Waals surface area contributed by atoms with E-state index >= 15 is 0 Å². The van der Waals surface area contributed by atoms with Crippen molar-refractivity contribution in [2.24, 2.45) is 5.92 Å². The Morgan fingerprint density at radius 2 is 2.24 bits per heavy atom. The lowest BCUT2D eigenvalue weighted by atomic mass is 10.1. The summed E-state index contributed by atoms with van der Waals surface area (Å²) in [5.74, 6) is 0.784. The number of fused-ring (bicyclic) bond motifs is 1. The molecule has 1 aromatic carbocycles. The number of hydrogen-bond donors (Lipinski definition) is 1. The lowest BCUT2D eigenvalue weighted by Crippen LogP contribution is -2.17. The van der Waals surface area contributed by atoms with Gasteiger partial charge in [-0.1, -0.05) is 32.4 Å². The molecule has 2 aromatic rings. The molecular formula is C13H19N3O. The van der Waals surface area contributed by atoms with Crippen molar-refractivity contribution in [3.63, 3.8) is 0 Å². The maximum Gasteiger partial charge on any atom is 0.139 e. The van der Waals surface area contributed by atoms with Crippen molar-refractivity contribution in [2.75, 3.05) is 6.54 Å². The van der Waals surface area contributed by atoms with Gasteiger partial charge in [-0.05, 0) is 40.8 Å². The van der Waals surface area contributed by atoms with Crippen LogP contribution in [0.25, 0.3) is 11.0 Å². The van der Waals surface area contributed by atoms with Crippen LogP contribution < -0.4 is 5.32 Å². The Hall–Kier alpha value is -1.42. The Morgan fingerprint density at radius 3 is 3.06 bits per heavy atom. The summed E-state index contributed by atoms with van der Waals surface area (Å²) >= 11 is 0. The zero-order valence-corrected chi connectivity index (χ0v) is 10.4. The van der Waals surface area contributed by atoms with Crippen LogP contribution in [0.15, 0.2) is 22.8 Å². The van der Waals surface area contributed by atoms with Crippen molar-refractivity contribution in [1.29, 1.82) is 0 Å². The monoisotopic (exact) mass is 233 g/mol. The molecule has 0 aliphatic heterocycles. The maximum atomic E-state index is 4.74. The van der Waals surface area contributed by atoms with E-state index in [1.807, 2.05) is 12.1 Å². The lowest BCUT2D eigenvalue weighted by Gasteiger charge is -2.09. The molecule has 17 heavy (non-hydrogen) atoms. The van der Waals surface area contributed by atoms with Crippen molar-refractivity contribution in [3.05, 3.63) is 23.8 Å². The van der Waals surface area contributed by atoms with E-state index in [4.69, 9.17) is 4.63 Å². The smallest absolute Gasteiger partial charge is 0.139 e. The maximum absolute atomic E-state index is 4.74. The van der Waals surface area contributed by atoms with Crippen LogP contribution in [0.5, 0.6) is 0 Å². The second kappa shape index (κ2) is 5.77. The minimum Gasteiger partial charge on any atom is -0.313 e. The van der Waals surface area contributed by atoms with Crippen molar-refractivity contribution < 1.29 is 4.63 Å². The molecule has 4 heteroatoms. The quantitative estimate of drug-likeness (QED) is 0.779. The van der Waals surface area contributed by atoms with E-state index in [0.717, 1.165) is 35.6 Å². The van der Waals surface area contributed by atoms with E-state index < -0.39 is 0 Å². The number of benzene rings is 1. The molecule has 0 amide bonds. The van der Waals surface area contributed by atoms with Gasteiger partial charge in [0.2, 0.25) is 0 Å². The highest BCUT2D eigenvalue weighted by Gasteiger charge is 2.05. The van der Waals surface area contributed by atoms with Crippen LogP contribution >= 0.6 is 0 Å². The number of rotatable bonds is 6. The third-order valence-electron chi connectivity index (χ3n) is 3.20. The van der Waals surface area contributed by atoms with Crippen LogP contribution in [-0.4, -0.2) is 16.9 Å². The Labute approximate surface area is 101 Å². The molecule has 2 rings (SSSR count). The first-order valence-corrected chi connectivity index (χ1v) is 6.22. The Bertz CT molecular complexity index is 466. The molecule has 0 aliphatic rings. The van der Waals surface area contributed by atoms with Gasteiger partial charge < -0.3 is 5.32 Å². The van der Waals surface area contributed by atoms with Crippen LogP contribution in [0.4, 0.5) is 0 Å². The molecule has 0 radical (unpaired) electrons. The molecule has 1 N–H and O–H groups in total. The molecule has 1 aromatic heterocycles. The molecule has 0 bridgehead atoms. The van der Waals surface area contributed by atoms with Crippen molar-refractivity contribution in [2.45, 2.75) is 33.2 Å². The largest absolute Gasteiger partial charge is 0.313 e. The second-order valence-electron chi connectivity index (χ2n) is 4.53. The topological polar surface area (TPSA) is 51.0 Å². The molecule has 0 saturated carbocycles. The van der Waals surface area contributed by atoms with E-state index in [-0.39, 0.29) is 0 Å². The fourth-order valence-corrected chi connectivity index (χ4v) is 1.78. The van der Waals surface area contributed by atoms with Crippen LogP contribution in [0, 0.1) is 5.92 Å². The van der Waals surface area contributed by atoms with E-state index in [2.05, 4.69) is 35.5 Å². The van der Waals surface area contributed by atoms with Gasteiger partial charge in [0.15, 0.2) is 0 Å². The van der Waals surface area contributed by atoms with Crippen molar-refractivity contribution in [1.82, 2.24) is 15.6 Å². The van der Waals surface area contributed by atoms with Gasteiger partial charge in [-0.2, -0.15) is 0 Å². The molecule has 92 valence electrons. The number of nitrogens with zero attached hydrogens (tertiary/aromatic N) is 2.